The predicted octanol–water partition coefficient (Wildman–Crippen LogP) is 3.33. The van der Waals surface area contributed by atoms with E-state index in [1.54, 1.807) is 19.2 Å². The molecule has 0 heterocycles. The lowest BCUT2D eigenvalue weighted by Crippen LogP contribution is -2.19. The molecule has 6 heteroatoms. The minimum absolute atomic E-state index is 0.0424. The molecule has 0 aliphatic heterocycles. The molecule has 1 aromatic rings. The zero-order valence-electron chi connectivity index (χ0n) is 12.4. The van der Waals surface area contributed by atoms with Gasteiger partial charge in [0.15, 0.2) is 0 Å². The molecule has 0 bridgehead atoms. The molecule has 0 saturated heterocycles. The van der Waals surface area contributed by atoms with Crippen LogP contribution in [-0.2, 0) is 19.2 Å². The molecule has 114 valence electrons. The van der Waals surface area contributed by atoms with Gasteiger partial charge in [-0.1, -0.05) is 20.8 Å². The van der Waals surface area contributed by atoms with E-state index < -0.39 is 9.05 Å². The molecule has 4 nitrogen and oxygen atoms in total. The third-order valence-corrected chi connectivity index (χ3v) is 4.27. The maximum atomic E-state index is 11.4. The van der Waals surface area contributed by atoms with Crippen LogP contribution in [-0.4, -0.2) is 28.2 Å². The van der Waals surface area contributed by atoms with E-state index in [1.807, 2.05) is 27.7 Å². The predicted molar refractivity (Wildman–Crippen MR) is 80.1 cm³/mol. The molecule has 0 amide bonds. The Kier molecular flexibility index (Phi) is 5.46. The van der Waals surface area contributed by atoms with Crippen LogP contribution in [0.2, 0.25) is 0 Å². The van der Waals surface area contributed by atoms with Crippen molar-refractivity contribution in [2.24, 2.45) is 0 Å². The number of benzene rings is 1. The van der Waals surface area contributed by atoms with Crippen LogP contribution in [0.5, 0.6) is 5.75 Å². The zero-order chi connectivity index (χ0) is 15.6. The Morgan fingerprint density at radius 2 is 1.90 bits per heavy atom. The highest BCUT2D eigenvalue weighted by Gasteiger charge is 2.22. The molecular formula is C14H21ClO4S. The highest BCUT2D eigenvalue weighted by atomic mass is 35.7. The first-order chi connectivity index (χ1) is 9.05. The number of hydrogen-bond donors (Lipinski definition) is 0. The van der Waals surface area contributed by atoms with E-state index in [0.717, 1.165) is 5.56 Å². The Morgan fingerprint density at radius 1 is 1.30 bits per heavy atom. The van der Waals surface area contributed by atoms with Crippen LogP contribution in [0.25, 0.3) is 0 Å². The molecule has 0 radical (unpaired) electrons. The summed E-state index contributed by atoms with van der Waals surface area (Å²) in [6.45, 7) is 8.25. The summed E-state index contributed by atoms with van der Waals surface area (Å²) < 4.78 is 33.7. The molecule has 0 fully saturated rings. The van der Waals surface area contributed by atoms with Gasteiger partial charge < -0.3 is 9.47 Å². The first kappa shape index (κ1) is 17.3. The number of halogens is 1. The lowest BCUT2D eigenvalue weighted by Gasteiger charge is -2.24. The Labute approximate surface area is 125 Å². The Bertz CT molecular complexity index is 561. The standard InChI is InChI=1S/C14H21ClO4S/c1-10(18-5)9-19-13-7-6-11(20(15,16)17)8-12(13)14(2,3)4/h6-8,10H,9H2,1-5H3. The zero-order valence-corrected chi connectivity index (χ0v) is 14.0. The third kappa shape index (κ3) is 4.65. The highest BCUT2D eigenvalue weighted by molar-refractivity contribution is 8.13. The number of ether oxygens (including phenoxy) is 2. The van der Waals surface area contributed by atoms with E-state index in [4.69, 9.17) is 20.2 Å². The maximum Gasteiger partial charge on any atom is 0.261 e. The van der Waals surface area contributed by atoms with Crippen molar-refractivity contribution < 1.29 is 17.9 Å². The molecule has 0 aliphatic carbocycles. The Morgan fingerprint density at radius 3 is 2.35 bits per heavy atom. The molecule has 0 N–H and O–H groups in total. The molecule has 0 aromatic heterocycles. The van der Waals surface area contributed by atoms with Crippen molar-refractivity contribution in [2.45, 2.75) is 44.1 Å². The normalized spacial score (nSPS) is 14.1. The fraction of sp³-hybridized carbons (Fsp3) is 0.571. The quantitative estimate of drug-likeness (QED) is 0.781. The van der Waals surface area contributed by atoms with Gasteiger partial charge in [0, 0.05) is 23.4 Å². The van der Waals surface area contributed by atoms with Gasteiger partial charge in [0.2, 0.25) is 0 Å². The van der Waals surface area contributed by atoms with Crippen molar-refractivity contribution >= 4 is 19.7 Å². The second-order valence-corrected chi connectivity index (χ2v) is 8.27. The Balaban J connectivity index is 3.18. The van der Waals surface area contributed by atoms with Crippen molar-refractivity contribution in [3.05, 3.63) is 23.8 Å². The second kappa shape index (κ2) is 6.33. The van der Waals surface area contributed by atoms with Gasteiger partial charge in [0.1, 0.15) is 12.4 Å². The van der Waals surface area contributed by atoms with Crippen molar-refractivity contribution in [3.8, 4) is 5.75 Å². The lowest BCUT2D eigenvalue weighted by molar-refractivity contribution is 0.0709. The van der Waals surface area contributed by atoms with E-state index in [-0.39, 0.29) is 16.4 Å². The summed E-state index contributed by atoms with van der Waals surface area (Å²) in [5.74, 6) is 0.644. The van der Waals surface area contributed by atoms with Gasteiger partial charge in [0.25, 0.3) is 9.05 Å². The highest BCUT2D eigenvalue weighted by Crippen LogP contribution is 2.34. The molecule has 1 rings (SSSR count). The molecule has 1 unspecified atom stereocenters. The van der Waals surface area contributed by atoms with E-state index in [2.05, 4.69) is 0 Å². The topological polar surface area (TPSA) is 52.6 Å². The summed E-state index contributed by atoms with van der Waals surface area (Å²) in [6, 6.07) is 4.65. The van der Waals surface area contributed by atoms with Crippen LogP contribution in [0.15, 0.2) is 23.1 Å². The van der Waals surface area contributed by atoms with Crippen molar-refractivity contribution in [3.63, 3.8) is 0 Å². The van der Waals surface area contributed by atoms with E-state index in [9.17, 15) is 8.42 Å². The van der Waals surface area contributed by atoms with Gasteiger partial charge in [-0.25, -0.2) is 8.42 Å². The largest absolute Gasteiger partial charge is 0.491 e. The summed E-state index contributed by atoms with van der Waals surface area (Å²) in [5, 5.41) is 0. The molecule has 0 spiro atoms. The summed E-state index contributed by atoms with van der Waals surface area (Å²) >= 11 is 0. The number of methoxy groups -OCH3 is 1. The fourth-order valence-electron chi connectivity index (χ4n) is 1.65. The maximum absolute atomic E-state index is 11.4. The summed E-state index contributed by atoms with van der Waals surface area (Å²) in [6.07, 6.45) is -0.0424. The minimum Gasteiger partial charge on any atom is -0.491 e. The van der Waals surface area contributed by atoms with Crippen molar-refractivity contribution in [2.75, 3.05) is 13.7 Å². The van der Waals surface area contributed by atoms with Gasteiger partial charge in [-0.2, -0.15) is 0 Å². The number of rotatable bonds is 5. The van der Waals surface area contributed by atoms with E-state index in [0.29, 0.717) is 12.4 Å². The average Bonchev–Trinajstić information content (AvgIpc) is 2.33. The van der Waals surface area contributed by atoms with E-state index >= 15 is 0 Å². The monoisotopic (exact) mass is 320 g/mol. The molecular weight excluding hydrogens is 300 g/mol. The number of hydrogen-bond acceptors (Lipinski definition) is 4. The van der Waals surface area contributed by atoms with Crippen LogP contribution in [0.4, 0.5) is 0 Å². The Hall–Kier alpha value is -0.780. The smallest absolute Gasteiger partial charge is 0.261 e. The van der Waals surface area contributed by atoms with Crippen LogP contribution < -0.4 is 4.74 Å². The SMILES string of the molecule is COC(C)COc1ccc(S(=O)(=O)Cl)cc1C(C)(C)C. The molecule has 0 aliphatic rings. The van der Waals surface area contributed by atoms with Crippen molar-refractivity contribution in [1.29, 1.82) is 0 Å². The van der Waals surface area contributed by atoms with Gasteiger partial charge in [-0.05, 0) is 30.5 Å². The van der Waals surface area contributed by atoms with Crippen LogP contribution in [0, 0.1) is 0 Å². The molecule has 1 aromatic carbocycles. The van der Waals surface area contributed by atoms with Crippen LogP contribution in [0.3, 0.4) is 0 Å². The average molecular weight is 321 g/mol. The first-order valence-electron chi connectivity index (χ1n) is 6.30. The minimum atomic E-state index is -3.75. The van der Waals surface area contributed by atoms with Crippen LogP contribution in [0.1, 0.15) is 33.3 Å². The van der Waals surface area contributed by atoms with Gasteiger partial charge in [0.05, 0.1) is 11.0 Å². The van der Waals surface area contributed by atoms with Crippen LogP contribution >= 0.6 is 10.7 Å². The summed E-state index contributed by atoms with van der Waals surface area (Å²) in [4.78, 5) is 0.0798. The van der Waals surface area contributed by atoms with E-state index in [1.165, 1.54) is 6.07 Å². The molecule has 0 saturated carbocycles. The molecule has 1 atom stereocenters. The van der Waals surface area contributed by atoms with Crippen molar-refractivity contribution in [1.82, 2.24) is 0 Å². The van der Waals surface area contributed by atoms with Gasteiger partial charge in [-0.3, -0.25) is 0 Å². The third-order valence-electron chi connectivity index (χ3n) is 2.92. The lowest BCUT2D eigenvalue weighted by atomic mass is 9.86. The van der Waals surface area contributed by atoms with Gasteiger partial charge in [-0.15, -0.1) is 0 Å². The summed E-state index contributed by atoms with van der Waals surface area (Å²) in [7, 11) is 3.26. The summed E-state index contributed by atoms with van der Waals surface area (Å²) in [5.41, 5.74) is 0.533. The van der Waals surface area contributed by atoms with Gasteiger partial charge >= 0.3 is 0 Å². The fourth-order valence-corrected chi connectivity index (χ4v) is 2.43. The first-order valence-corrected chi connectivity index (χ1v) is 8.61. The molecule has 20 heavy (non-hydrogen) atoms. The second-order valence-electron chi connectivity index (χ2n) is 5.70.